The molecule has 33 heavy (non-hydrogen) atoms. The third kappa shape index (κ3) is 6.55. The average molecular weight is 452 g/mol. The summed E-state index contributed by atoms with van der Waals surface area (Å²) in [5.41, 5.74) is 2.21. The van der Waals surface area contributed by atoms with E-state index in [9.17, 15) is 4.79 Å². The Kier molecular flexibility index (Phi) is 8.83. The quantitative estimate of drug-likeness (QED) is 0.441. The number of ether oxygens (including phenoxy) is 2. The number of carbonyl (C=O) groups excluding carboxylic acids is 1. The molecule has 1 aromatic heterocycles. The molecular formula is C25H33N5O3. The van der Waals surface area contributed by atoms with Crippen molar-refractivity contribution in [2.24, 2.45) is 0 Å². The van der Waals surface area contributed by atoms with Crippen LogP contribution in [0.3, 0.4) is 0 Å². The Morgan fingerprint density at radius 1 is 1.00 bits per heavy atom. The number of amides is 1. The molecule has 0 saturated carbocycles. The van der Waals surface area contributed by atoms with Gasteiger partial charge in [0.1, 0.15) is 6.61 Å². The lowest BCUT2D eigenvalue weighted by atomic mass is 10.2. The van der Waals surface area contributed by atoms with E-state index in [0.717, 1.165) is 38.2 Å². The summed E-state index contributed by atoms with van der Waals surface area (Å²) in [4.78, 5) is 16.7. The first-order valence-corrected chi connectivity index (χ1v) is 11.4. The van der Waals surface area contributed by atoms with Gasteiger partial charge in [-0.25, -0.2) is 0 Å². The minimum atomic E-state index is -0.331. The molecule has 3 rings (SSSR count). The summed E-state index contributed by atoms with van der Waals surface area (Å²) < 4.78 is 11.5. The van der Waals surface area contributed by atoms with Crippen molar-refractivity contribution < 1.29 is 14.3 Å². The van der Waals surface area contributed by atoms with Crippen LogP contribution in [0.2, 0.25) is 0 Å². The molecule has 0 unspecified atom stereocenters. The minimum Gasteiger partial charge on any atom is -0.493 e. The second-order valence-electron chi connectivity index (χ2n) is 7.77. The molecule has 0 aliphatic carbocycles. The molecule has 0 bridgehead atoms. The van der Waals surface area contributed by atoms with Crippen LogP contribution in [0, 0.1) is 6.92 Å². The molecule has 0 atom stereocenters. The van der Waals surface area contributed by atoms with Gasteiger partial charge < -0.3 is 14.8 Å². The van der Waals surface area contributed by atoms with E-state index in [1.54, 1.807) is 32.2 Å². The van der Waals surface area contributed by atoms with E-state index in [-0.39, 0.29) is 11.6 Å². The number of aromatic nitrogens is 3. The van der Waals surface area contributed by atoms with Gasteiger partial charge in [-0.05, 0) is 57.1 Å². The summed E-state index contributed by atoms with van der Waals surface area (Å²) in [6.45, 7) is 9.60. The summed E-state index contributed by atoms with van der Waals surface area (Å²) in [5.74, 6) is 0.882. The van der Waals surface area contributed by atoms with Crippen molar-refractivity contribution in [2.75, 3.05) is 38.7 Å². The van der Waals surface area contributed by atoms with E-state index in [1.165, 1.54) is 4.80 Å². The molecule has 0 spiro atoms. The van der Waals surface area contributed by atoms with Gasteiger partial charge in [-0.2, -0.15) is 9.90 Å². The molecule has 8 nitrogen and oxygen atoms in total. The summed E-state index contributed by atoms with van der Waals surface area (Å²) in [6.07, 6.45) is 2.22. The van der Waals surface area contributed by atoms with Crippen LogP contribution in [0.15, 0.2) is 48.5 Å². The fourth-order valence-corrected chi connectivity index (χ4v) is 3.58. The van der Waals surface area contributed by atoms with Crippen LogP contribution in [0.5, 0.6) is 11.5 Å². The maximum absolute atomic E-state index is 12.9. The Morgan fingerprint density at radius 3 is 2.39 bits per heavy atom. The standard InChI is InChI=1S/C25H33N5O3/c1-5-14-29(15-6-2)16-17-33-23-18-20(12-13-22(23)32-4)26-25(31)24-19(3)27-30(28-24)21-10-8-7-9-11-21/h7-13,18H,5-6,14-17H2,1-4H3,(H,26,31). The Bertz CT molecular complexity index is 1030. The van der Waals surface area contributed by atoms with Crippen LogP contribution in [0.1, 0.15) is 42.9 Å². The summed E-state index contributed by atoms with van der Waals surface area (Å²) in [5, 5.41) is 11.6. The summed E-state index contributed by atoms with van der Waals surface area (Å²) in [6, 6.07) is 14.8. The van der Waals surface area contributed by atoms with Crippen molar-refractivity contribution in [3.63, 3.8) is 0 Å². The van der Waals surface area contributed by atoms with Crippen LogP contribution in [-0.4, -0.2) is 59.2 Å². The van der Waals surface area contributed by atoms with Crippen LogP contribution in [0.4, 0.5) is 5.69 Å². The first-order valence-electron chi connectivity index (χ1n) is 11.4. The van der Waals surface area contributed by atoms with E-state index < -0.39 is 0 Å². The van der Waals surface area contributed by atoms with E-state index in [0.29, 0.717) is 29.5 Å². The number of nitrogens with one attached hydrogen (secondary N) is 1. The van der Waals surface area contributed by atoms with Crippen molar-refractivity contribution in [3.8, 4) is 17.2 Å². The molecule has 1 heterocycles. The molecule has 0 radical (unpaired) electrons. The maximum atomic E-state index is 12.9. The molecule has 1 N–H and O–H groups in total. The number of nitrogens with zero attached hydrogens (tertiary/aromatic N) is 4. The molecule has 2 aromatic carbocycles. The number of rotatable bonds is 12. The van der Waals surface area contributed by atoms with Crippen molar-refractivity contribution >= 4 is 11.6 Å². The number of benzene rings is 2. The Balaban J connectivity index is 1.69. The second-order valence-corrected chi connectivity index (χ2v) is 7.77. The number of para-hydroxylation sites is 1. The second kappa shape index (κ2) is 12.0. The summed E-state index contributed by atoms with van der Waals surface area (Å²) in [7, 11) is 1.60. The monoisotopic (exact) mass is 451 g/mol. The largest absolute Gasteiger partial charge is 0.493 e. The van der Waals surface area contributed by atoms with E-state index in [1.807, 2.05) is 30.3 Å². The first-order chi connectivity index (χ1) is 16.0. The third-order valence-electron chi connectivity index (χ3n) is 5.15. The van der Waals surface area contributed by atoms with Crippen LogP contribution < -0.4 is 14.8 Å². The molecule has 8 heteroatoms. The minimum absolute atomic E-state index is 0.270. The molecule has 0 fully saturated rings. The molecule has 0 saturated heterocycles. The Morgan fingerprint density at radius 2 is 1.73 bits per heavy atom. The molecular weight excluding hydrogens is 418 g/mol. The number of hydrogen-bond acceptors (Lipinski definition) is 6. The van der Waals surface area contributed by atoms with Gasteiger partial charge in [0.05, 0.1) is 18.5 Å². The first kappa shape index (κ1) is 24.3. The van der Waals surface area contributed by atoms with Crippen LogP contribution in [-0.2, 0) is 0 Å². The number of carbonyl (C=O) groups is 1. The van der Waals surface area contributed by atoms with Crippen molar-refractivity contribution in [1.82, 2.24) is 19.9 Å². The molecule has 3 aromatic rings. The lowest BCUT2D eigenvalue weighted by molar-refractivity contribution is 0.102. The highest BCUT2D eigenvalue weighted by atomic mass is 16.5. The lowest BCUT2D eigenvalue weighted by Crippen LogP contribution is -2.30. The zero-order valence-electron chi connectivity index (χ0n) is 19.9. The van der Waals surface area contributed by atoms with Gasteiger partial charge in [-0.15, -0.1) is 5.10 Å². The third-order valence-corrected chi connectivity index (χ3v) is 5.15. The number of hydrogen-bond donors (Lipinski definition) is 1. The predicted molar refractivity (Wildman–Crippen MR) is 130 cm³/mol. The number of aryl methyl sites for hydroxylation is 1. The zero-order chi connectivity index (χ0) is 23.6. The highest BCUT2D eigenvalue weighted by Crippen LogP contribution is 2.30. The Hall–Kier alpha value is -3.39. The number of anilines is 1. The smallest absolute Gasteiger partial charge is 0.278 e. The zero-order valence-corrected chi connectivity index (χ0v) is 19.9. The average Bonchev–Trinajstić information content (AvgIpc) is 3.22. The van der Waals surface area contributed by atoms with Gasteiger partial charge in [-0.1, -0.05) is 32.0 Å². The van der Waals surface area contributed by atoms with Gasteiger partial charge in [-0.3, -0.25) is 9.69 Å². The van der Waals surface area contributed by atoms with Crippen LogP contribution in [0.25, 0.3) is 5.69 Å². The number of methoxy groups -OCH3 is 1. The normalized spacial score (nSPS) is 10.9. The van der Waals surface area contributed by atoms with Crippen molar-refractivity contribution in [1.29, 1.82) is 0 Å². The van der Waals surface area contributed by atoms with Gasteiger partial charge in [0, 0.05) is 18.3 Å². The van der Waals surface area contributed by atoms with Gasteiger partial charge in [0.2, 0.25) is 0 Å². The highest BCUT2D eigenvalue weighted by molar-refractivity contribution is 6.03. The van der Waals surface area contributed by atoms with Crippen molar-refractivity contribution in [3.05, 3.63) is 59.9 Å². The summed E-state index contributed by atoms with van der Waals surface area (Å²) >= 11 is 0. The molecule has 176 valence electrons. The fraction of sp³-hybridized carbons (Fsp3) is 0.400. The molecule has 1 amide bonds. The van der Waals surface area contributed by atoms with Gasteiger partial charge in [0.15, 0.2) is 17.2 Å². The SMILES string of the molecule is CCCN(CCC)CCOc1cc(NC(=O)c2nn(-c3ccccc3)nc2C)ccc1OC. The van der Waals surface area contributed by atoms with E-state index >= 15 is 0 Å². The van der Waals surface area contributed by atoms with Gasteiger partial charge in [0.25, 0.3) is 5.91 Å². The van der Waals surface area contributed by atoms with Gasteiger partial charge >= 0.3 is 0 Å². The fourth-order valence-electron chi connectivity index (χ4n) is 3.58. The topological polar surface area (TPSA) is 81.5 Å². The predicted octanol–water partition coefficient (Wildman–Crippen LogP) is 4.34. The van der Waals surface area contributed by atoms with E-state index in [4.69, 9.17) is 9.47 Å². The van der Waals surface area contributed by atoms with Crippen LogP contribution >= 0.6 is 0 Å². The lowest BCUT2D eigenvalue weighted by Gasteiger charge is -2.21. The maximum Gasteiger partial charge on any atom is 0.278 e. The molecule has 0 aliphatic heterocycles. The highest BCUT2D eigenvalue weighted by Gasteiger charge is 2.17. The van der Waals surface area contributed by atoms with E-state index in [2.05, 4.69) is 34.3 Å². The molecule has 0 aliphatic rings. The van der Waals surface area contributed by atoms with Crippen molar-refractivity contribution in [2.45, 2.75) is 33.6 Å². The Labute approximate surface area is 195 Å².